The first kappa shape index (κ1) is 16.6. The zero-order valence-electron chi connectivity index (χ0n) is 10.0. The van der Waals surface area contributed by atoms with E-state index in [2.05, 4.69) is 21.0 Å². The fourth-order valence-electron chi connectivity index (χ4n) is 1.47. The van der Waals surface area contributed by atoms with E-state index in [0.717, 1.165) is 5.01 Å². The number of hydrogen-bond donors (Lipinski definition) is 1. The normalized spacial score (nSPS) is 10.9. The molecule has 0 aliphatic rings. The van der Waals surface area contributed by atoms with E-state index in [4.69, 9.17) is 6.42 Å². The molecule has 0 atom stereocenters. The average Bonchev–Trinajstić information content (AvgIpc) is 2.69. The summed E-state index contributed by atoms with van der Waals surface area (Å²) < 4.78 is 40.8. The van der Waals surface area contributed by atoms with E-state index in [1.54, 1.807) is 0 Å². The second-order valence-corrected chi connectivity index (χ2v) is 4.71. The Hall–Kier alpha value is -1.49. The molecule has 0 radical (unpaired) electrons. The molecule has 2 rings (SSSR count). The summed E-state index contributed by atoms with van der Waals surface area (Å²) in [5, 5.41) is 3.72. The second-order valence-electron chi connectivity index (χ2n) is 3.59. The van der Waals surface area contributed by atoms with Gasteiger partial charge in [0.15, 0.2) is 0 Å². The van der Waals surface area contributed by atoms with Crippen molar-refractivity contribution in [1.29, 1.82) is 0 Å². The minimum Gasteiger partial charge on any atom is -0.406 e. The third kappa shape index (κ3) is 4.56. The lowest BCUT2D eigenvalue weighted by atomic mass is 10.3. The van der Waals surface area contributed by atoms with Gasteiger partial charge >= 0.3 is 6.36 Å². The SMILES string of the molecule is C#CCNCc1nc2ccc(OC(F)(F)F)cc2s1.Cl. The van der Waals surface area contributed by atoms with E-state index < -0.39 is 6.36 Å². The van der Waals surface area contributed by atoms with Crippen molar-refractivity contribution in [2.75, 3.05) is 6.54 Å². The Morgan fingerprint density at radius 3 is 2.80 bits per heavy atom. The smallest absolute Gasteiger partial charge is 0.406 e. The van der Waals surface area contributed by atoms with Crippen LogP contribution in [0.25, 0.3) is 10.2 Å². The van der Waals surface area contributed by atoms with E-state index in [1.165, 1.54) is 29.5 Å². The van der Waals surface area contributed by atoms with Crippen molar-refractivity contribution in [3.63, 3.8) is 0 Å². The van der Waals surface area contributed by atoms with Crippen LogP contribution in [0.15, 0.2) is 18.2 Å². The lowest BCUT2D eigenvalue weighted by Crippen LogP contribution is -2.16. The summed E-state index contributed by atoms with van der Waals surface area (Å²) in [6.07, 6.45) is 0.409. The number of alkyl halides is 3. The summed E-state index contributed by atoms with van der Waals surface area (Å²) >= 11 is 1.30. The van der Waals surface area contributed by atoms with Crippen LogP contribution in [0.5, 0.6) is 5.75 Å². The Bertz CT molecular complexity index is 621. The lowest BCUT2D eigenvalue weighted by molar-refractivity contribution is -0.274. The predicted molar refractivity (Wildman–Crippen MR) is 74.1 cm³/mol. The molecule has 8 heteroatoms. The molecule has 2 aromatic rings. The quantitative estimate of drug-likeness (QED) is 0.692. The van der Waals surface area contributed by atoms with E-state index in [0.29, 0.717) is 23.3 Å². The summed E-state index contributed by atoms with van der Waals surface area (Å²) in [5.41, 5.74) is 0.636. The van der Waals surface area contributed by atoms with E-state index in [-0.39, 0.29) is 18.2 Å². The van der Waals surface area contributed by atoms with Crippen molar-refractivity contribution < 1.29 is 17.9 Å². The van der Waals surface area contributed by atoms with Gasteiger partial charge in [-0.3, -0.25) is 5.32 Å². The summed E-state index contributed by atoms with van der Waals surface area (Å²) in [6, 6.07) is 4.07. The zero-order chi connectivity index (χ0) is 13.9. The van der Waals surface area contributed by atoms with Crippen molar-refractivity contribution in [1.82, 2.24) is 10.3 Å². The first-order valence-corrected chi connectivity index (χ1v) is 6.09. The van der Waals surface area contributed by atoms with Crippen LogP contribution in [-0.4, -0.2) is 17.9 Å². The predicted octanol–water partition coefficient (Wildman–Crippen LogP) is 3.34. The molecule has 0 fully saturated rings. The average molecular weight is 323 g/mol. The highest BCUT2D eigenvalue weighted by Gasteiger charge is 2.31. The summed E-state index contributed by atoms with van der Waals surface area (Å²) in [6.45, 7) is 0.900. The second kappa shape index (κ2) is 6.79. The van der Waals surface area contributed by atoms with Gasteiger partial charge in [-0.2, -0.15) is 0 Å². The van der Waals surface area contributed by atoms with E-state index in [1.807, 2.05) is 0 Å². The van der Waals surface area contributed by atoms with Crippen molar-refractivity contribution in [2.45, 2.75) is 12.9 Å². The van der Waals surface area contributed by atoms with Crippen LogP contribution >= 0.6 is 23.7 Å². The summed E-state index contributed by atoms with van der Waals surface area (Å²) in [5.74, 6) is 2.18. The number of benzene rings is 1. The number of terminal acetylenes is 1. The maximum Gasteiger partial charge on any atom is 0.573 e. The molecule has 1 N–H and O–H groups in total. The van der Waals surface area contributed by atoms with Gasteiger partial charge in [0.2, 0.25) is 0 Å². The molecule has 0 saturated carbocycles. The van der Waals surface area contributed by atoms with Gasteiger partial charge in [0.25, 0.3) is 0 Å². The molecule has 0 saturated heterocycles. The molecular weight excluding hydrogens is 313 g/mol. The van der Waals surface area contributed by atoms with Gasteiger partial charge in [-0.1, -0.05) is 5.92 Å². The number of nitrogens with one attached hydrogen (secondary N) is 1. The fraction of sp³-hybridized carbons (Fsp3) is 0.250. The van der Waals surface area contributed by atoms with Crippen LogP contribution in [0.3, 0.4) is 0 Å². The van der Waals surface area contributed by atoms with Crippen molar-refractivity contribution in [3.05, 3.63) is 23.2 Å². The molecule has 0 unspecified atom stereocenters. The number of halogens is 4. The molecule has 0 spiro atoms. The summed E-state index contributed by atoms with van der Waals surface area (Å²) in [4.78, 5) is 4.27. The maximum atomic E-state index is 12.1. The van der Waals surface area contributed by atoms with E-state index >= 15 is 0 Å². The molecule has 0 amide bonds. The first-order chi connectivity index (χ1) is 8.98. The number of aromatic nitrogens is 1. The minimum absolute atomic E-state index is 0. The topological polar surface area (TPSA) is 34.2 Å². The maximum absolute atomic E-state index is 12.1. The Kier molecular flexibility index (Phi) is 5.62. The molecule has 1 heterocycles. The molecule has 0 aliphatic heterocycles. The van der Waals surface area contributed by atoms with Crippen LogP contribution in [-0.2, 0) is 6.54 Å². The van der Waals surface area contributed by atoms with Gasteiger partial charge in [-0.15, -0.1) is 43.3 Å². The van der Waals surface area contributed by atoms with Gasteiger partial charge in [0.1, 0.15) is 10.8 Å². The number of fused-ring (bicyclic) bond motifs is 1. The van der Waals surface area contributed by atoms with Crippen LogP contribution in [0.4, 0.5) is 13.2 Å². The summed E-state index contributed by atoms with van der Waals surface area (Å²) in [7, 11) is 0. The number of nitrogens with zero attached hydrogens (tertiary/aromatic N) is 1. The lowest BCUT2D eigenvalue weighted by Gasteiger charge is -2.07. The number of thiazole rings is 1. The molecule has 0 bridgehead atoms. The standard InChI is InChI=1S/C12H9F3N2OS.ClH/c1-2-5-16-7-11-17-9-4-3-8(6-10(9)19-11)18-12(13,14)15;/h1,3-4,6,16H,5,7H2;1H. The van der Waals surface area contributed by atoms with Crippen LogP contribution < -0.4 is 10.1 Å². The van der Waals surface area contributed by atoms with Crippen LogP contribution in [0.2, 0.25) is 0 Å². The van der Waals surface area contributed by atoms with Gasteiger partial charge < -0.3 is 4.74 Å². The Morgan fingerprint density at radius 1 is 1.40 bits per heavy atom. The first-order valence-electron chi connectivity index (χ1n) is 5.27. The molecule has 1 aromatic carbocycles. The Labute approximate surface area is 123 Å². The fourth-order valence-corrected chi connectivity index (χ4v) is 2.43. The van der Waals surface area contributed by atoms with Crippen molar-refractivity contribution in [2.24, 2.45) is 0 Å². The zero-order valence-corrected chi connectivity index (χ0v) is 11.7. The van der Waals surface area contributed by atoms with Gasteiger partial charge in [-0.25, -0.2) is 4.98 Å². The Balaban J connectivity index is 0.00000200. The highest BCUT2D eigenvalue weighted by atomic mass is 35.5. The van der Waals surface area contributed by atoms with E-state index in [9.17, 15) is 13.2 Å². The minimum atomic E-state index is -4.68. The molecule has 1 aromatic heterocycles. The third-order valence-corrected chi connectivity index (χ3v) is 3.16. The van der Waals surface area contributed by atoms with Gasteiger partial charge in [-0.05, 0) is 18.2 Å². The largest absolute Gasteiger partial charge is 0.573 e. The number of ether oxygens (including phenoxy) is 1. The van der Waals surface area contributed by atoms with Gasteiger partial charge in [0.05, 0.1) is 16.8 Å². The van der Waals surface area contributed by atoms with Crippen molar-refractivity contribution >= 4 is 34.0 Å². The monoisotopic (exact) mass is 322 g/mol. The Morgan fingerprint density at radius 2 is 2.15 bits per heavy atom. The molecule has 3 nitrogen and oxygen atoms in total. The van der Waals surface area contributed by atoms with Crippen LogP contribution in [0.1, 0.15) is 5.01 Å². The van der Waals surface area contributed by atoms with Gasteiger partial charge in [0, 0.05) is 6.54 Å². The highest BCUT2D eigenvalue weighted by molar-refractivity contribution is 7.18. The van der Waals surface area contributed by atoms with Crippen LogP contribution in [0, 0.1) is 12.3 Å². The number of rotatable bonds is 4. The molecule has 108 valence electrons. The molecule has 0 aliphatic carbocycles. The number of hydrogen-bond acceptors (Lipinski definition) is 4. The molecular formula is C12H10ClF3N2OS. The molecule has 20 heavy (non-hydrogen) atoms. The van der Waals surface area contributed by atoms with Crippen molar-refractivity contribution in [3.8, 4) is 18.1 Å². The third-order valence-electron chi connectivity index (χ3n) is 2.14. The highest BCUT2D eigenvalue weighted by Crippen LogP contribution is 2.29.